The average molecular weight is 442 g/mol. The van der Waals surface area contributed by atoms with Gasteiger partial charge < -0.3 is 9.47 Å². The van der Waals surface area contributed by atoms with Crippen LogP contribution in [0.4, 0.5) is 0 Å². The molecule has 10 heteroatoms. The molecule has 4 aromatic rings. The number of methoxy groups -OCH3 is 1. The minimum Gasteiger partial charge on any atom is -0.493 e. The van der Waals surface area contributed by atoms with Crippen molar-refractivity contribution < 1.29 is 17.9 Å². The van der Waals surface area contributed by atoms with Gasteiger partial charge in [0.1, 0.15) is 5.75 Å². The number of benzene rings is 2. The topological polar surface area (TPSA) is 116 Å². The third-order valence-corrected chi connectivity index (χ3v) is 6.76. The number of hydrogen-bond acceptors (Lipinski definition) is 7. The molecule has 0 saturated carbocycles. The molecule has 0 spiro atoms. The second kappa shape index (κ2) is 8.12. The van der Waals surface area contributed by atoms with E-state index < -0.39 is 15.4 Å². The van der Waals surface area contributed by atoms with Gasteiger partial charge in [0.25, 0.3) is 5.56 Å². The van der Waals surface area contributed by atoms with Crippen LogP contribution in [0.25, 0.3) is 16.6 Å². The summed E-state index contributed by atoms with van der Waals surface area (Å²) in [6.07, 6.45) is 0.711. The minimum atomic E-state index is -4.00. The molecule has 4 rings (SSSR count). The number of aromatic nitrogens is 4. The summed E-state index contributed by atoms with van der Waals surface area (Å²) in [7, 11) is -2.38. The van der Waals surface area contributed by atoms with Gasteiger partial charge in [-0.15, -0.1) is 5.10 Å². The number of hydrogen-bond donors (Lipinski definition) is 1. The van der Waals surface area contributed by atoms with Gasteiger partial charge in [0, 0.05) is 26.2 Å². The summed E-state index contributed by atoms with van der Waals surface area (Å²) in [5.74, 6) is 0.538. The van der Waals surface area contributed by atoms with Gasteiger partial charge in [-0.1, -0.05) is 17.7 Å². The van der Waals surface area contributed by atoms with Gasteiger partial charge in [-0.3, -0.25) is 4.79 Å². The number of H-pyrrole nitrogens is 1. The Labute approximate surface area is 178 Å². The number of nitrogens with one attached hydrogen (secondary N) is 1. The van der Waals surface area contributed by atoms with E-state index >= 15 is 0 Å². The second-order valence-electron chi connectivity index (χ2n) is 7.24. The Morgan fingerprint density at radius 2 is 1.90 bits per heavy atom. The van der Waals surface area contributed by atoms with Crippen molar-refractivity contribution in [2.75, 3.05) is 20.3 Å². The molecule has 31 heavy (non-hydrogen) atoms. The highest BCUT2D eigenvalue weighted by molar-refractivity contribution is 7.91. The van der Waals surface area contributed by atoms with Crippen molar-refractivity contribution in [3.05, 3.63) is 57.9 Å². The summed E-state index contributed by atoms with van der Waals surface area (Å²) in [6, 6.07) is 9.97. The molecule has 2 heterocycles. The zero-order chi connectivity index (χ0) is 22.2. The largest absolute Gasteiger partial charge is 0.493 e. The Hall–Kier alpha value is -3.24. The van der Waals surface area contributed by atoms with Crippen LogP contribution in [0.3, 0.4) is 0 Å². The Balaban J connectivity index is 1.84. The van der Waals surface area contributed by atoms with Crippen molar-refractivity contribution in [1.29, 1.82) is 0 Å². The van der Waals surface area contributed by atoms with Crippen LogP contribution in [0.2, 0.25) is 0 Å². The Kier molecular flexibility index (Phi) is 5.50. The predicted molar refractivity (Wildman–Crippen MR) is 114 cm³/mol. The molecule has 9 nitrogen and oxygen atoms in total. The standard InChI is InChI=1S/C21H22N4O5S/c1-13-5-8-18(14(2)11-13)31(27,28)21-19-22-20(26)16-7-6-15(30-10-4-9-29-3)12-17(16)25(19)24-23-21/h5-8,11-12,24H,4,9-10H2,1-3H3. The van der Waals surface area contributed by atoms with Gasteiger partial charge in [-0.05, 0) is 37.6 Å². The zero-order valence-electron chi connectivity index (χ0n) is 17.4. The van der Waals surface area contributed by atoms with Crippen molar-refractivity contribution >= 4 is 26.4 Å². The van der Waals surface area contributed by atoms with Crippen LogP contribution in [0.1, 0.15) is 17.5 Å². The van der Waals surface area contributed by atoms with E-state index in [1.165, 1.54) is 10.6 Å². The minimum absolute atomic E-state index is 0.0611. The lowest BCUT2D eigenvalue weighted by Gasteiger charge is -2.08. The molecule has 0 saturated heterocycles. The number of sulfone groups is 1. The highest BCUT2D eigenvalue weighted by Gasteiger charge is 2.27. The van der Waals surface area contributed by atoms with E-state index in [9.17, 15) is 13.2 Å². The molecule has 0 bridgehead atoms. The van der Waals surface area contributed by atoms with Crippen LogP contribution in [0.15, 0.2) is 51.1 Å². The maximum atomic E-state index is 13.3. The van der Waals surface area contributed by atoms with E-state index in [4.69, 9.17) is 9.47 Å². The first-order chi connectivity index (χ1) is 14.8. The Morgan fingerprint density at radius 3 is 2.65 bits per heavy atom. The third kappa shape index (κ3) is 3.79. The van der Waals surface area contributed by atoms with Crippen LogP contribution >= 0.6 is 0 Å². The average Bonchev–Trinajstić information content (AvgIpc) is 3.16. The van der Waals surface area contributed by atoms with Gasteiger partial charge in [0.2, 0.25) is 14.9 Å². The summed E-state index contributed by atoms with van der Waals surface area (Å²) in [5, 5.41) is 6.70. The van der Waals surface area contributed by atoms with Crippen molar-refractivity contribution in [2.24, 2.45) is 0 Å². The summed E-state index contributed by atoms with van der Waals surface area (Å²) in [5.41, 5.74) is 1.36. The van der Waals surface area contributed by atoms with E-state index in [2.05, 4.69) is 15.3 Å². The smallest absolute Gasteiger partial charge is 0.281 e. The Bertz CT molecular complexity index is 1440. The molecule has 0 fully saturated rings. The van der Waals surface area contributed by atoms with Gasteiger partial charge >= 0.3 is 0 Å². The molecule has 0 aliphatic rings. The molecule has 0 aliphatic carbocycles. The first-order valence-corrected chi connectivity index (χ1v) is 11.2. The normalized spacial score (nSPS) is 12.0. The highest BCUT2D eigenvalue weighted by atomic mass is 32.2. The molecule has 0 aliphatic heterocycles. The summed E-state index contributed by atoms with van der Waals surface area (Å²) >= 11 is 0. The van der Waals surface area contributed by atoms with Gasteiger partial charge in [-0.2, -0.15) is 4.98 Å². The maximum absolute atomic E-state index is 13.3. The summed E-state index contributed by atoms with van der Waals surface area (Å²) in [4.78, 5) is 16.7. The fraction of sp³-hybridized carbons (Fsp3) is 0.286. The lowest BCUT2D eigenvalue weighted by atomic mass is 10.2. The number of rotatable bonds is 7. The molecule has 0 unspecified atom stereocenters. The van der Waals surface area contributed by atoms with E-state index in [1.807, 2.05) is 6.92 Å². The van der Waals surface area contributed by atoms with Crippen LogP contribution in [-0.2, 0) is 14.6 Å². The van der Waals surface area contributed by atoms with Crippen molar-refractivity contribution in [2.45, 2.75) is 30.2 Å². The van der Waals surface area contributed by atoms with Crippen molar-refractivity contribution in [3.63, 3.8) is 0 Å². The van der Waals surface area contributed by atoms with Crippen molar-refractivity contribution in [1.82, 2.24) is 19.8 Å². The van der Waals surface area contributed by atoms with Gasteiger partial charge in [-0.25, -0.2) is 18.1 Å². The molecular formula is C21H22N4O5S. The first-order valence-electron chi connectivity index (χ1n) is 9.68. The molecule has 2 aromatic carbocycles. The van der Waals surface area contributed by atoms with Gasteiger partial charge in [0.15, 0.2) is 5.65 Å². The summed E-state index contributed by atoms with van der Waals surface area (Å²) < 4.78 is 38.7. The van der Waals surface area contributed by atoms with E-state index in [0.29, 0.717) is 41.9 Å². The zero-order valence-corrected chi connectivity index (χ0v) is 18.2. The number of ether oxygens (including phenoxy) is 2. The van der Waals surface area contributed by atoms with Crippen molar-refractivity contribution in [3.8, 4) is 5.75 Å². The lowest BCUT2D eigenvalue weighted by molar-refractivity contribution is 0.172. The molecule has 0 atom stereocenters. The van der Waals surface area contributed by atoms with Crippen LogP contribution in [-0.4, -0.2) is 48.6 Å². The van der Waals surface area contributed by atoms with E-state index in [-0.39, 0.29) is 15.6 Å². The number of aromatic amines is 1. The first kappa shape index (κ1) is 21.0. The Morgan fingerprint density at radius 1 is 1.10 bits per heavy atom. The van der Waals surface area contributed by atoms with Crippen LogP contribution in [0.5, 0.6) is 5.75 Å². The third-order valence-electron chi connectivity index (χ3n) is 4.94. The molecule has 162 valence electrons. The van der Waals surface area contributed by atoms with Crippen LogP contribution < -0.4 is 10.3 Å². The molecule has 0 radical (unpaired) electrons. The number of nitrogens with zero attached hydrogens (tertiary/aromatic N) is 3. The quantitative estimate of drug-likeness (QED) is 0.437. The lowest BCUT2D eigenvalue weighted by Crippen LogP contribution is -2.13. The van der Waals surface area contributed by atoms with Crippen LogP contribution in [0, 0.1) is 13.8 Å². The van der Waals surface area contributed by atoms with E-state index in [0.717, 1.165) is 5.56 Å². The maximum Gasteiger partial charge on any atom is 0.281 e. The molecule has 2 aromatic heterocycles. The fourth-order valence-electron chi connectivity index (χ4n) is 3.46. The fourth-order valence-corrected chi connectivity index (χ4v) is 4.93. The monoisotopic (exact) mass is 442 g/mol. The predicted octanol–water partition coefficient (Wildman–Crippen LogP) is 2.44. The molecule has 1 N–H and O–H groups in total. The highest BCUT2D eigenvalue weighted by Crippen LogP contribution is 2.27. The second-order valence-corrected chi connectivity index (χ2v) is 9.07. The summed E-state index contributed by atoms with van der Waals surface area (Å²) in [6.45, 7) is 4.62. The number of aryl methyl sites for hydroxylation is 2. The molecule has 0 amide bonds. The van der Waals surface area contributed by atoms with E-state index in [1.54, 1.807) is 44.4 Å². The SMILES string of the molecule is COCCCOc1ccc2c(=O)nc3c(S(=O)(=O)c4ccc(C)cc4C)n[nH]n3c2c1. The van der Waals surface area contributed by atoms with Gasteiger partial charge in [0.05, 0.1) is 22.4 Å². The molecular weight excluding hydrogens is 420 g/mol. The number of fused-ring (bicyclic) bond motifs is 3.